The number of benzene rings is 3. The maximum absolute atomic E-state index is 14.4. The number of para-hydroxylation sites is 1. The number of hydrogen-bond acceptors (Lipinski definition) is 4. The summed E-state index contributed by atoms with van der Waals surface area (Å²) in [5.41, 5.74) is 9.23. The van der Waals surface area contributed by atoms with Crippen LogP contribution in [0.2, 0.25) is 5.02 Å². The Hall–Kier alpha value is -4.87. The van der Waals surface area contributed by atoms with Crippen LogP contribution in [0, 0.1) is 6.57 Å². The van der Waals surface area contributed by atoms with Crippen LogP contribution in [-0.4, -0.2) is 47.0 Å². The molecule has 4 aromatic rings. The van der Waals surface area contributed by atoms with E-state index < -0.39 is 11.5 Å². The Labute approximate surface area is 255 Å². The largest absolute Gasteiger partial charge is 0.373 e. The van der Waals surface area contributed by atoms with Crippen LogP contribution >= 0.6 is 11.6 Å². The zero-order chi connectivity index (χ0) is 31.0. The van der Waals surface area contributed by atoms with Crippen molar-refractivity contribution in [3.8, 4) is 16.8 Å². The molecule has 5 rings (SSSR count). The molecule has 1 fully saturated rings. The second-order valence-corrected chi connectivity index (χ2v) is 11.4. The second kappa shape index (κ2) is 11.8. The number of halogens is 1. The summed E-state index contributed by atoms with van der Waals surface area (Å²) in [5.74, 6) is -0.672. The zero-order valence-electron chi connectivity index (χ0n) is 24.3. The number of anilines is 1. The number of amides is 2. The minimum absolute atomic E-state index is 0.0252. The van der Waals surface area contributed by atoms with E-state index in [0.29, 0.717) is 63.6 Å². The molecule has 8 nitrogen and oxygen atoms in total. The third-order valence-corrected chi connectivity index (χ3v) is 8.32. The maximum atomic E-state index is 14.4. The van der Waals surface area contributed by atoms with Gasteiger partial charge >= 0.3 is 0 Å². The fourth-order valence-electron chi connectivity index (χ4n) is 5.95. The van der Waals surface area contributed by atoms with Gasteiger partial charge in [0.25, 0.3) is 11.2 Å². The van der Waals surface area contributed by atoms with Gasteiger partial charge in [-0.25, -0.2) is 4.85 Å². The van der Waals surface area contributed by atoms with Crippen LogP contribution in [0.15, 0.2) is 78.1 Å². The normalized spacial score (nSPS) is 15.0. The van der Waals surface area contributed by atoms with Gasteiger partial charge in [0.1, 0.15) is 0 Å². The summed E-state index contributed by atoms with van der Waals surface area (Å²) in [6, 6.07) is 17.9. The molecular formula is C34H32ClN5O3. The predicted octanol–water partition coefficient (Wildman–Crippen LogP) is 6.31. The van der Waals surface area contributed by atoms with Crippen LogP contribution in [-0.2, 0) is 4.79 Å². The molecular weight excluding hydrogens is 562 g/mol. The monoisotopic (exact) mass is 593 g/mol. The first-order chi connectivity index (χ1) is 20.6. The second-order valence-electron chi connectivity index (χ2n) is 11.0. The average molecular weight is 594 g/mol. The number of fused-ring (bicyclic) bond motifs is 1. The number of primary amides is 1. The molecule has 43 heavy (non-hydrogen) atoms. The number of rotatable bonds is 6. The van der Waals surface area contributed by atoms with Gasteiger partial charge < -0.3 is 15.5 Å². The number of pyridine rings is 1. The molecule has 218 valence electrons. The first-order valence-electron chi connectivity index (χ1n) is 14.0. The van der Waals surface area contributed by atoms with Crippen LogP contribution < -0.4 is 16.2 Å². The molecule has 1 aliphatic rings. The van der Waals surface area contributed by atoms with Crippen LogP contribution in [0.3, 0.4) is 0 Å². The van der Waals surface area contributed by atoms with Gasteiger partial charge in [0, 0.05) is 47.2 Å². The first kappa shape index (κ1) is 29.6. The number of carbonyl (C=O) groups excluding carboxylic acids is 2. The molecule has 2 N–H and O–H groups in total. The topological polar surface area (TPSA) is 93.0 Å². The summed E-state index contributed by atoms with van der Waals surface area (Å²) in [7, 11) is 0. The molecule has 1 aliphatic heterocycles. The highest BCUT2D eigenvalue weighted by Gasteiger charge is 2.31. The SMILES string of the molecule is [C-]#[N+]c1c(N2CCN(C(=O)C=C)C[C@@H]2C)c2cc(Cl)c(-c3ccccc3C(N)=O)cc2n(-c2ccccc2C(C)C)c1=O. The number of hydrogen-bond donors (Lipinski definition) is 1. The van der Waals surface area contributed by atoms with Crippen molar-refractivity contribution in [1.29, 1.82) is 0 Å². The molecule has 0 spiro atoms. The van der Waals surface area contributed by atoms with Crippen molar-refractivity contribution in [3.05, 3.63) is 111 Å². The summed E-state index contributed by atoms with van der Waals surface area (Å²) in [6.07, 6.45) is 1.29. The van der Waals surface area contributed by atoms with Crippen LogP contribution in [0.25, 0.3) is 32.6 Å². The molecule has 0 saturated carbocycles. The van der Waals surface area contributed by atoms with Crippen molar-refractivity contribution in [1.82, 2.24) is 9.47 Å². The smallest absolute Gasteiger partial charge is 0.274 e. The summed E-state index contributed by atoms with van der Waals surface area (Å²) in [5, 5.41) is 0.957. The van der Waals surface area contributed by atoms with Crippen molar-refractivity contribution in [2.75, 3.05) is 24.5 Å². The average Bonchev–Trinajstić information content (AvgIpc) is 3.00. The Morgan fingerprint density at radius 3 is 2.44 bits per heavy atom. The Kier molecular flexibility index (Phi) is 8.12. The third-order valence-electron chi connectivity index (χ3n) is 8.01. The van der Waals surface area contributed by atoms with E-state index in [1.807, 2.05) is 49.9 Å². The van der Waals surface area contributed by atoms with E-state index in [4.69, 9.17) is 23.9 Å². The lowest BCUT2D eigenvalue weighted by atomic mass is 9.96. The van der Waals surface area contributed by atoms with E-state index in [0.717, 1.165) is 5.56 Å². The lowest BCUT2D eigenvalue weighted by molar-refractivity contribution is -0.126. The Morgan fingerprint density at radius 2 is 1.79 bits per heavy atom. The molecule has 1 atom stereocenters. The minimum Gasteiger partial charge on any atom is -0.373 e. The molecule has 2 heterocycles. The molecule has 0 radical (unpaired) electrons. The highest BCUT2D eigenvalue weighted by atomic mass is 35.5. The van der Waals surface area contributed by atoms with Crippen molar-refractivity contribution < 1.29 is 9.59 Å². The standard InChI is InChI=1S/C34H32ClN5O3/c1-6-30(41)38-15-16-39(21(4)19-38)32-26-17-27(35)25(23-12-7-8-13-24(23)33(36)42)18-29(26)40(34(43)31(32)37-5)28-14-10-9-11-22(28)20(2)3/h6-14,17-18,20-21H,1,15-16,19H2,2-4H3,(H2,36,42)/t21-/m0/s1. The predicted molar refractivity (Wildman–Crippen MR) is 172 cm³/mol. The number of piperazine rings is 1. The quantitative estimate of drug-likeness (QED) is 0.209. The fraction of sp³-hybridized carbons (Fsp3) is 0.235. The van der Waals surface area contributed by atoms with E-state index >= 15 is 0 Å². The van der Waals surface area contributed by atoms with Gasteiger partial charge in [-0.2, -0.15) is 0 Å². The van der Waals surface area contributed by atoms with Gasteiger partial charge in [-0.15, -0.1) is 0 Å². The molecule has 1 aromatic heterocycles. The zero-order valence-corrected chi connectivity index (χ0v) is 25.1. The van der Waals surface area contributed by atoms with Crippen molar-refractivity contribution in [3.63, 3.8) is 0 Å². The first-order valence-corrected chi connectivity index (χ1v) is 14.4. The summed E-state index contributed by atoms with van der Waals surface area (Å²) >= 11 is 6.96. The molecule has 0 unspecified atom stereocenters. The molecule has 1 saturated heterocycles. The molecule has 3 aromatic carbocycles. The molecule has 2 amide bonds. The van der Waals surface area contributed by atoms with Gasteiger partial charge in [-0.3, -0.25) is 19.0 Å². The van der Waals surface area contributed by atoms with Crippen LogP contribution in [0.4, 0.5) is 11.4 Å². The van der Waals surface area contributed by atoms with Gasteiger partial charge in [-0.05, 0) is 54.3 Å². The molecule has 9 heteroatoms. The van der Waals surface area contributed by atoms with Crippen molar-refractivity contribution in [2.24, 2.45) is 5.73 Å². The minimum atomic E-state index is -0.598. The lowest BCUT2D eigenvalue weighted by Crippen LogP contribution is -2.53. The van der Waals surface area contributed by atoms with E-state index in [1.54, 1.807) is 45.9 Å². The Balaban J connectivity index is 1.89. The molecule has 0 bridgehead atoms. The van der Waals surface area contributed by atoms with Gasteiger partial charge in [0.15, 0.2) is 0 Å². The number of nitrogens with zero attached hydrogens (tertiary/aromatic N) is 4. The summed E-state index contributed by atoms with van der Waals surface area (Å²) in [6.45, 7) is 19.0. The van der Waals surface area contributed by atoms with Crippen LogP contribution in [0.1, 0.15) is 42.6 Å². The highest BCUT2D eigenvalue weighted by Crippen LogP contribution is 2.42. The Bertz CT molecular complexity index is 1890. The summed E-state index contributed by atoms with van der Waals surface area (Å²) < 4.78 is 1.58. The number of nitrogens with two attached hydrogens (primary N) is 1. The van der Waals surface area contributed by atoms with Crippen molar-refractivity contribution in [2.45, 2.75) is 32.7 Å². The summed E-state index contributed by atoms with van der Waals surface area (Å²) in [4.78, 5) is 46.6. The third kappa shape index (κ3) is 5.17. The van der Waals surface area contributed by atoms with Gasteiger partial charge in [-0.1, -0.05) is 68.4 Å². The van der Waals surface area contributed by atoms with E-state index in [2.05, 4.69) is 11.4 Å². The lowest BCUT2D eigenvalue weighted by Gasteiger charge is -2.42. The van der Waals surface area contributed by atoms with Crippen molar-refractivity contribution >= 4 is 45.7 Å². The molecule has 0 aliphatic carbocycles. The maximum Gasteiger partial charge on any atom is 0.274 e. The van der Waals surface area contributed by atoms with Gasteiger partial charge in [0.05, 0.1) is 23.5 Å². The van der Waals surface area contributed by atoms with E-state index in [9.17, 15) is 14.4 Å². The Morgan fingerprint density at radius 1 is 1.09 bits per heavy atom. The van der Waals surface area contributed by atoms with E-state index in [-0.39, 0.29) is 23.6 Å². The fourth-order valence-corrected chi connectivity index (χ4v) is 6.21. The number of aromatic nitrogens is 1. The highest BCUT2D eigenvalue weighted by molar-refractivity contribution is 6.34. The number of carbonyl (C=O) groups is 2. The van der Waals surface area contributed by atoms with Crippen LogP contribution in [0.5, 0.6) is 0 Å². The van der Waals surface area contributed by atoms with Gasteiger partial charge in [0.2, 0.25) is 11.8 Å². The van der Waals surface area contributed by atoms with E-state index in [1.165, 1.54) is 6.08 Å².